The van der Waals surface area contributed by atoms with Crippen molar-refractivity contribution in [2.45, 2.75) is 33.2 Å². The highest BCUT2D eigenvalue weighted by Crippen LogP contribution is 2.33. The predicted octanol–water partition coefficient (Wildman–Crippen LogP) is 4.42. The molecule has 2 aromatic heterocycles. The van der Waals surface area contributed by atoms with Gasteiger partial charge in [0.25, 0.3) is 5.91 Å². The molecule has 3 N–H and O–H groups in total. The van der Waals surface area contributed by atoms with Crippen LogP contribution in [0.2, 0.25) is 0 Å². The Morgan fingerprint density at radius 2 is 1.79 bits per heavy atom. The standard InChI is InChI=1S/C33H42N6O3/c1-22-19-23(5-8-29(22)42-18-13-37-9-11-39(12-10-37)33(2,3)4)27-21-26(32(34)40)31-30(35-27)25-7-6-24(20-28(25)36-31)38-14-16-41-17-15-38/h5-8,19-21,36H,9-18H2,1-4H3,(H2,34,40). The summed E-state index contributed by atoms with van der Waals surface area (Å²) in [5.41, 5.74) is 12.6. The van der Waals surface area contributed by atoms with Gasteiger partial charge in [0, 0.05) is 68.0 Å². The second-order valence-electron chi connectivity index (χ2n) is 12.4. The largest absolute Gasteiger partial charge is 0.492 e. The van der Waals surface area contributed by atoms with E-state index in [0.29, 0.717) is 23.4 Å². The summed E-state index contributed by atoms with van der Waals surface area (Å²) in [7, 11) is 0. The number of amides is 1. The first-order valence-corrected chi connectivity index (χ1v) is 15.0. The Bertz CT molecular complexity index is 1590. The number of rotatable bonds is 7. The average Bonchev–Trinajstić information content (AvgIpc) is 3.35. The summed E-state index contributed by atoms with van der Waals surface area (Å²) >= 11 is 0. The molecule has 0 aliphatic carbocycles. The van der Waals surface area contributed by atoms with Crippen LogP contribution in [0.15, 0.2) is 42.5 Å². The number of fused-ring (bicyclic) bond motifs is 3. The van der Waals surface area contributed by atoms with Gasteiger partial charge in [-0.3, -0.25) is 14.6 Å². The number of aryl methyl sites for hydroxylation is 1. The van der Waals surface area contributed by atoms with E-state index in [1.807, 2.05) is 19.1 Å². The topological polar surface area (TPSA) is 100.0 Å². The fourth-order valence-electron chi connectivity index (χ4n) is 6.10. The molecule has 222 valence electrons. The molecule has 2 aliphatic rings. The Morgan fingerprint density at radius 3 is 2.48 bits per heavy atom. The van der Waals surface area contributed by atoms with Crippen LogP contribution in [0, 0.1) is 6.92 Å². The monoisotopic (exact) mass is 570 g/mol. The van der Waals surface area contributed by atoms with Crippen molar-refractivity contribution in [2.24, 2.45) is 5.73 Å². The summed E-state index contributed by atoms with van der Waals surface area (Å²) < 4.78 is 11.7. The Labute approximate surface area is 247 Å². The zero-order valence-electron chi connectivity index (χ0n) is 25.2. The van der Waals surface area contributed by atoms with Crippen LogP contribution < -0.4 is 15.4 Å². The second-order valence-corrected chi connectivity index (χ2v) is 12.4. The number of pyridine rings is 1. The first-order valence-electron chi connectivity index (χ1n) is 15.0. The molecule has 2 fully saturated rings. The van der Waals surface area contributed by atoms with Gasteiger partial charge >= 0.3 is 0 Å². The molecule has 1 amide bonds. The molecule has 0 radical (unpaired) electrons. The summed E-state index contributed by atoms with van der Waals surface area (Å²) in [6, 6.07) is 14.2. The molecule has 9 heteroatoms. The maximum Gasteiger partial charge on any atom is 0.250 e. The number of anilines is 1. The van der Waals surface area contributed by atoms with Crippen molar-refractivity contribution in [3.05, 3.63) is 53.6 Å². The molecule has 6 rings (SSSR count). The fourth-order valence-corrected chi connectivity index (χ4v) is 6.10. The van der Waals surface area contributed by atoms with Crippen LogP contribution in [0.25, 0.3) is 33.2 Å². The van der Waals surface area contributed by atoms with Crippen LogP contribution in [-0.2, 0) is 4.74 Å². The Kier molecular flexibility index (Phi) is 7.83. The first kappa shape index (κ1) is 28.5. The van der Waals surface area contributed by atoms with Gasteiger partial charge < -0.3 is 25.1 Å². The van der Waals surface area contributed by atoms with Crippen molar-refractivity contribution >= 4 is 33.5 Å². The normalized spacial score (nSPS) is 17.3. The third-order valence-corrected chi connectivity index (χ3v) is 8.64. The summed E-state index contributed by atoms with van der Waals surface area (Å²) in [4.78, 5) is 28.3. The highest BCUT2D eigenvalue weighted by molar-refractivity contribution is 6.14. The number of primary amides is 1. The van der Waals surface area contributed by atoms with Crippen molar-refractivity contribution in [2.75, 3.05) is 70.5 Å². The Morgan fingerprint density at radius 1 is 1.02 bits per heavy atom. The van der Waals surface area contributed by atoms with E-state index in [1.54, 1.807) is 6.07 Å². The van der Waals surface area contributed by atoms with Crippen LogP contribution >= 0.6 is 0 Å². The van der Waals surface area contributed by atoms with Crippen molar-refractivity contribution in [1.29, 1.82) is 0 Å². The molecular formula is C33H42N6O3. The van der Waals surface area contributed by atoms with Gasteiger partial charge in [0.15, 0.2) is 0 Å². The third-order valence-electron chi connectivity index (χ3n) is 8.64. The smallest absolute Gasteiger partial charge is 0.250 e. The molecule has 9 nitrogen and oxygen atoms in total. The van der Waals surface area contributed by atoms with Gasteiger partial charge in [0.05, 0.1) is 41.0 Å². The number of aromatic nitrogens is 2. The lowest BCUT2D eigenvalue weighted by Crippen LogP contribution is -2.53. The lowest BCUT2D eigenvalue weighted by atomic mass is 10.0. The van der Waals surface area contributed by atoms with Gasteiger partial charge in [0.1, 0.15) is 12.4 Å². The van der Waals surface area contributed by atoms with Gasteiger partial charge in [-0.25, -0.2) is 4.98 Å². The highest BCUT2D eigenvalue weighted by Gasteiger charge is 2.25. The lowest BCUT2D eigenvalue weighted by molar-refractivity contribution is 0.0564. The number of benzene rings is 2. The zero-order valence-corrected chi connectivity index (χ0v) is 25.2. The van der Waals surface area contributed by atoms with E-state index in [-0.39, 0.29) is 5.54 Å². The summed E-state index contributed by atoms with van der Waals surface area (Å²) in [6.45, 7) is 17.9. The molecule has 0 spiro atoms. The van der Waals surface area contributed by atoms with Crippen molar-refractivity contribution in [1.82, 2.24) is 19.8 Å². The van der Waals surface area contributed by atoms with Gasteiger partial charge in [0.2, 0.25) is 0 Å². The number of morpholine rings is 1. The molecule has 0 unspecified atom stereocenters. The van der Waals surface area contributed by atoms with Crippen molar-refractivity contribution in [3.8, 4) is 17.0 Å². The maximum atomic E-state index is 12.6. The minimum Gasteiger partial charge on any atom is -0.492 e. The fraction of sp³-hybridized carbons (Fsp3) is 0.455. The highest BCUT2D eigenvalue weighted by atomic mass is 16.5. The second kappa shape index (κ2) is 11.6. The third kappa shape index (κ3) is 5.82. The number of nitrogens with two attached hydrogens (primary N) is 1. The SMILES string of the molecule is Cc1cc(-c2cc(C(N)=O)c3[nH]c4cc(N5CCOCC5)ccc4c3n2)ccc1OCCN1CCN(C(C)(C)C)CC1. The van der Waals surface area contributed by atoms with Gasteiger partial charge in [-0.15, -0.1) is 0 Å². The predicted molar refractivity (Wildman–Crippen MR) is 169 cm³/mol. The summed E-state index contributed by atoms with van der Waals surface area (Å²) in [6.07, 6.45) is 0. The molecule has 42 heavy (non-hydrogen) atoms. The van der Waals surface area contributed by atoms with Crippen molar-refractivity contribution in [3.63, 3.8) is 0 Å². The minimum atomic E-state index is -0.483. The van der Waals surface area contributed by atoms with Crippen LogP contribution in [-0.4, -0.2) is 96.8 Å². The van der Waals surface area contributed by atoms with Gasteiger partial charge in [-0.2, -0.15) is 0 Å². The molecule has 2 aromatic carbocycles. The van der Waals surface area contributed by atoms with E-state index in [1.165, 1.54) is 0 Å². The van der Waals surface area contributed by atoms with Crippen LogP contribution in [0.5, 0.6) is 5.75 Å². The average molecular weight is 571 g/mol. The van der Waals surface area contributed by atoms with Gasteiger partial charge in [-0.05, 0) is 75.7 Å². The molecule has 0 atom stereocenters. The van der Waals surface area contributed by atoms with E-state index in [0.717, 1.165) is 98.0 Å². The van der Waals surface area contributed by atoms with E-state index >= 15 is 0 Å². The zero-order chi connectivity index (χ0) is 29.4. The molecule has 2 saturated heterocycles. The molecule has 0 saturated carbocycles. The number of aromatic amines is 1. The maximum absolute atomic E-state index is 12.6. The van der Waals surface area contributed by atoms with Gasteiger partial charge in [-0.1, -0.05) is 0 Å². The first-order chi connectivity index (χ1) is 20.2. The molecule has 4 heterocycles. The molecule has 2 aliphatic heterocycles. The minimum absolute atomic E-state index is 0.222. The number of nitrogens with zero attached hydrogens (tertiary/aromatic N) is 4. The number of nitrogens with one attached hydrogen (secondary N) is 1. The summed E-state index contributed by atoms with van der Waals surface area (Å²) in [5.74, 6) is 0.384. The van der Waals surface area contributed by atoms with E-state index in [9.17, 15) is 4.79 Å². The number of carbonyl (C=O) groups is 1. The number of carbonyl (C=O) groups excluding carboxylic acids is 1. The van der Waals surface area contributed by atoms with E-state index in [2.05, 4.69) is 64.7 Å². The van der Waals surface area contributed by atoms with Crippen LogP contribution in [0.3, 0.4) is 0 Å². The molecule has 0 bridgehead atoms. The van der Waals surface area contributed by atoms with E-state index in [4.69, 9.17) is 20.2 Å². The number of H-pyrrole nitrogens is 1. The number of hydrogen-bond donors (Lipinski definition) is 2. The molecular weight excluding hydrogens is 528 g/mol. The quantitative estimate of drug-likeness (QED) is 0.339. The van der Waals surface area contributed by atoms with E-state index < -0.39 is 5.91 Å². The lowest BCUT2D eigenvalue weighted by Gasteiger charge is -2.42. The number of ether oxygens (including phenoxy) is 2. The van der Waals surface area contributed by atoms with Crippen LogP contribution in [0.4, 0.5) is 5.69 Å². The number of piperazine rings is 1. The summed E-state index contributed by atoms with van der Waals surface area (Å²) in [5, 5.41) is 0.964. The van der Waals surface area contributed by atoms with Crippen molar-refractivity contribution < 1.29 is 14.3 Å². The molecule has 4 aromatic rings. The number of hydrogen-bond acceptors (Lipinski definition) is 7. The Balaban J connectivity index is 1.20. The Hall–Kier alpha value is -3.66. The van der Waals surface area contributed by atoms with Crippen LogP contribution in [0.1, 0.15) is 36.7 Å².